The number of carbonyl (C=O) groups is 2. The Bertz CT molecular complexity index is 262. The smallest absolute Gasteiger partial charge is 0.307 e. The lowest BCUT2D eigenvalue weighted by atomic mass is 10.2. The molecule has 14 heavy (non-hydrogen) atoms. The van der Waals surface area contributed by atoms with Crippen LogP contribution in [-0.4, -0.2) is 23.0 Å². The van der Waals surface area contributed by atoms with Gasteiger partial charge < -0.3 is 10.4 Å². The molecule has 1 aliphatic rings. The van der Waals surface area contributed by atoms with Gasteiger partial charge in [-0.15, -0.1) is 6.58 Å². The topological polar surface area (TPSA) is 66.4 Å². The molecule has 3 unspecified atom stereocenters. The van der Waals surface area contributed by atoms with E-state index in [2.05, 4.69) is 11.9 Å². The van der Waals surface area contributed by atoms with Crippen LogP contribution in [0.5, 0.6) is 0 Å². The van der Waals surface area contributed by atoms with Gasteiger partial charge in [-0.1, -0.05) is 6.08 Å². The second kappa shape index (κ2) is 4.26. The number of hydrogen-bond acceptors (Lipinski definition) is 2. The molecule has 2 N–H and O–H groups in total. The number of carboxylic acids is 1. The molecule has 4 nitrogen and oxygen atoms in total. The average Bonchev–Trinajstić information content (AvgIpc) is 2.82. The zero-order valence-corrected chi connectivity index (χ0v) is 8.19. The van der Waals surface area contributed by atoms with Gasteiger partial charge in [-0.2, -0.15) is 0 Å². The van der Waals surface area contributed by atoms with Crippen LogP contribution in [0.1, 0.15) is 19.8 Å². The van der Waals surface area contributed by atoms with Crippen molar-refractivity contribution in [1.82, 2.24) is 5.32 Å². The summed E-state index contributed by atoms with van der Waals surface area (Å²) in [6.45, 7) is 5.44. The highest BCUT2D eigenvalue weighted by molar-refractivity contribution is 5.89. The Kier molecular flexibility index (Phi) is 3.28. The molecular formula is C10H15NO3. The molecule has 3 atom stereocenters. The summed E-state index contributed by atoms with van der Waals surface area (Å²) in [5.74, 6) is -1.81. The molecule has 0 aromatic rings. The number of aliphatic carboxylic acids is 1. The first kappa shape index (κ1) is 10.8. The molecule has 0 bridgehead atoms. The Hall–Kier alpha value is -1.32. The van der Waals surface area contributed by atoms with E-state index >= 15 is 0 Å². The fourth-order valence-electron chi connectivity index (χ4n) is 1.42. The van der Waals surface area contributed by atoms with Crippen molar-refractivity contribution in [3.8, 4) is 0 Å². The van der Waals surface area contributed by atoms with E-state index in [1.807, 2.05) is 6.92 Å². The van der Waals surface area contributed by atoms with E-state index in [1.165, 1.54) is 0 Å². The van der Waals surface area contributed by atoms with Gasteiger partial charge in [-0.25, -0.2) is 0 Å². The van der Waals surface area contributed by atoms with E-state index in [0.717, 1.165) is 0 Å². The van der Waals surface area contributed by atoms with Gasteiger partial charge in [0, 0.05) is 6.04 Å². The van der Waals surface area contributed by atoms with Crippen molar-refractivity contribution in [2.24, 2.45) is 11.8 Å². The van der Waals surface area contributed by atoms with Crippen LogP contribution in [0.25, 0.3) is 0 Å². The lowest BCUT2D eigenvalue weighted by molar-refractivity contribution is -0.140. The molecule has 4 heteroatoms. The average molecular weight is 197 g/mol. The Balaban J connectivity index is 2.30. The molecule has 1 aliphatic carbocycles. The second-order valence-corrected chi connectivity index (χ2v) is 3.72. The molecular weight excluding hydrogens is 182 g/mol. The number of nitrogens with one attached hydrogen (secondary N) is 1. The largest absolute Gasteiger partial charge is 0.481 e. The van der Waals surface area contributed by atoms with Crippen LogP contribution in [0, 0.1) is 11.8 Å². The first-order valence-electron chi connectivity index (χ1n) is 4.70. The van der Waals surface area contributed by atoms with Gasteiger partial charge in [0.1, 0.15) is 0 Å². The van der Waals surface area contributed by atoms with Crippen LogP contribution < -0.4 is 5.32 Å². The van der Waals surface area contributed by atoms with E-state index in [1.54, 1.807) is 6.08 Å². The van der Waals surface area contributed by atoms with Crippen LogP contribution in [0.15, 0.2) is 12.7 Å². The van der Waals surface area contributed by atoms with Gasteiger partial charge >= 0.3 is 5.97 Å². The van der Waals surface area contributed by atoms with E-state index in [4.69, 9.17) is 5.11 Å². The fourth-order valence-corrected chi connectivity index (χ4v) is 1.42. The molecule has 78 valence electrons. The highest BCUT2D eigenvalue weighted by Gasteiger charge is 2.48. The maximum Gasteiger partial charge on any atom is 0.307 e. The lowest BCUT2D eigenvalue weighted by Crippen LogP contribution is -2.34. The normalized spacial score (nSPS) is 26.4. The Morgan fingerprint density at radius 3 is 2.71 bits per heavy atom. The van der Waals surface area contributed by atoms with Crippen molar-refractivity contribution < 1.29 is 14.7 Å². The van der Waals surface area contributed by atoms with Crippen molar-refractivity contribution in [2.45, 2.75) is 25.8 Å². The summed E-state index contributed by atoms with van der Waals surface area (Å²) in [6, 6.07) is 0.0371. The van der Waals surface area contributed by atoms with Crippen molar-refractivity contribution in [1.29, 1.82) is 0 Å². The highest BCUT2D eigenvalue weighted by Crippen LogP contribution is 2.38. The van der Waals surface area contributed by atoms with Crippen LogP contribution in [0.2, 0.25) is 0 Å². The number of carboxylic acid groups (broad SMARTS) is 1. The van der Waals surface area contributed by atoms with Crippen molar-refractivity contribution in [3.63, 3.8) is 0 Å². The van der Waals surface area contributed by atoms with Gasteiger partial charge in [0.25, 0.3) is 0 Å². The quantitative estimate of drug-likeness (QED) is 0.640. The lowest BCUT2D eigenvalue weighted by Gasteiger charge is -2.10. The van der Waals surface area contributed by atoms with Gasteiger partial charge in [-0.05, 0) is 19.8 Å². The van der Waals surface area contributed by atoms with E-state index in [0.29, 0.717) is 12.8 Å². The number of carbonyl (C=O) groups excluding carboxylic acids is 1. The Morgan fingerprint density at radius 2 is 2.29 bits per heavy atom. The van der Waals surface area contributed by atoms with Gasteiger partial charge in [0.15, 0.2) is 0 Å². The third-order valence-corrected chi connectivity index (χ3v) is 2.35. The molecule has 0 radical (unpaired) electrons. The van der Waals surface area contributed by atoms with Crippen molar-refractivity contribution in [2.75, 3.05) is 0 Å². The Labute approximate surface area is 83.0 Å². The predicted octanol–water partition coefficient (Wildman–Crippen LogP) is 0.788. The summed E-state index contributed by atoms with van der Waals surface area (Å²) < 4.78 is 0. The second-order valence-electron chi connectivity index (χ2n) is 3.72. The molecule has 0 aromatic heterocycles. The minimum absolute atomic E-state index is 0.0371. The molecule has 1 amide bonds. The number of hydrogen-bond donors (Lipinski definition) is 2. The zero-order chi connectivity index (χ0) is 10.7. The van der Waals surface area contributed by atoms with Crippen LogP contribution in [-0.2, 0) is 9.59 Å². The first-order valence-corrected chi connectivity index (χ1v) is 4.70. The first-order chi connectivity index (χ1) is 6.56. The molecule has 0 heterocycles. The number of amides is 1. The fraction of sp³-hybridized carbons (Fsp3) is 0.600. The number of rotatable bonds is 5. The summed E-state index contributed by atoms with van der Waals surface area (Å²) in [4.78, 5) is 21.9. The minimum atomic E-state index is -0.874. The maximum absolute atomic E-state index is 11.4. The van der Waals surface area contributed by atoms with Gasteiger partial charge in [-0.3, -0.25) is 9.59 Å². The van der Waals surface area contributed by atoms with Crippen molar-refractivity contribution >= 4 is 11.9 Å². The maximum atomic E-state index is 11.4. The summed E-state index contributed by atoms with van der Waals surface area (Å²) in [5.41, 5.74) is 0. The summed E-state index contributed by atoms with van der Waals surface area (Å²) >= 11 is 0. The van der Waals surface area contributed by atoms with Crippen molar-refractivity contribution in [3.05, 3.63) is 12.7 Å². The van der Waals surface area contributed by atoms with E-state index in [-0.39, 0.29) is 17.9 Å². The third kappa shape index (κ3) is 2.58. The monoisotopic (exact) mass is 197 g/mol. The highest BCUT2D eigenvalue weighted by atomic mass is 16.4. The minimum Gasteiger partial charge on any atom is -0.481 e. The molecule has 1 fully saturated rings. The van der Waals surface area contributed by atoms with E-state index in [9.17, 15) is 9.59 Å². The predicted molar refractivity (Wildman–Crippen MR) is 51.7 cm³/mol. The van der Waals surface area contributed by atoms with Crippen LogP contribution in [0.4, 0.5) is 0 Å². The molecule has 1 rings (SSSR count). The zero-order valence-electron chi connectivity index (χ0n) is 8.19. The molecule has 0 spiro atoms. The molecule has 0 aromatic carbocycles. The SMILES string of the molecule is C=CCC(C)NC(=O)C1CC1C(=O)O. The summed E-state index contributed by atoms with van der Waals surface area (Å²) in [7, 11) is 0. The van der Waals surface area contributed by atoms with E-state index < -0.39 is 11.9 Å². The van der Waals surface area contributed by atoms with Crippen LogP contribution >= 0.6 is 0 Å². The summed E-state index contributed by atoms with van der Waals surface area (Å²) in [6.07, 6.45) is 2.91. The third-order valence-electron chi connectivity index (χ3n) is 2.35. The molecule has 1 saturated carbocycles. The van der Waals surface area contributed by atoms with Crippen LogP contribution in [0.3, 0.4) is 0 Å². The standard InChI is InChI=1S/C10H15NO3/c1-3-4-6(2)11-9(12)7-5-8(7)10(13)14/h3,6-8H,1,4-5H2,2H3,(H,11,12)(H,13,14). The summed E-state index contributed by atoms with van der Waals surface area (Å²) in [5, 5.41) is 11.4. The molecule has 0 aliphatic heterocycles. The van der Waals surface area contributed by atoms with Gasteiger partial charge in [0.05, 0.1) is 11.8 Å². The van der Waals surface area contributed by atoms with Gasteiger partial charge in [0.2, 0.25) is 5.91 Å². The molecule has 0 saturated heterocycles. The Morgan fingerprint density at radius 1 is 1.64 bits per heavy atom.